The number of hydrogen-bond acceptors (Lipinski definition) is 3. The number of nitro groups is 1. The summed E-state index contributed by atoms with van der Waals surface area (Å²) < 4.78 is 0. The van der Waals surface area contributed by atoms with Crippen LogP contribution in [0, 0.1) is 16.0 Å². The van der Waals surface area contributed by atoms with Gasteiger partial charge in [-0.1, -0.05) is 38.4 Å². The summed E-state index contributed by atoms with van der Waals surface area (Å²) in [7, 11) is 0. The minimum Gasteiger partial charge on any atom is -0.314 e. The van der Waals surface area contributed by atoms with E-state index in [9.17, 15) is 10.1 Å². The van der Waals surface area contributed by atoms with Crippen LogP contribution in [0.1, 0.15) is 39.2 Å². The van der Waals surface area contributed by atoms with Gasteiger partial charge in [-0.3, -0.25) is 10.1 Å². The van der Waals surface area contributed by atoms with Gasteiger partial charge in [0.05, 0.1) is 4.92 Å². The second-order valence-electron chi connectivity index (χ2n) is 5.08. The van der Waals surface area contributed by atoms with Crippen molar-refractivity contribution in [1.29, 1.82) is 0 Å². The maximum absolute atomic E-state index is 11.2. The van der Waals surface area contributed by atoms with Crippen molar-refractivity contribution in [2.45, 2.75) is 39.7 Å². The van der Waals surface area contributed by atoms with E-state index in [1.165, 1.54) is 6.07 Å². The van der Waals surface area contributed by atoms with E-state index in [-0.39, 0.29) is 22.6 Å². The van der Waals surface area contributed by atoms with Crippen LogP contribution in [-0.4, -0.2) is 17.5 Å². The summed E-state index contributed by atoms with van der Waals surface area (Å²) in [6.45, 7) is 9.09. The zero-order valence-electron chi connectivity index (χ0n) is 11.8. The van der Waals surface area contributed by atoms with E-state index >= 15 is 0 Å². The molecule has 1 aromatic rings. The van der Waals surface area contributed by atoms with Gasteiger partial charge in [-0.15, -0.1) is 0 Å². The molecule has 0 radical (unpaired) electrons. The maximum atomic E-state index is 11.2. The predicted octanol–water partition coefficient (Wildman–Crippen LogP) is 3.99. The number of likely N-dealkylation sites (N-methyl/N-ethyl adjacent to an activating group) is 1. The topological polar surface area (TPSA) is 55.2 Å². The molecule has 1 N–H and O–H groups in total. The molecule has 2 unspecified atom stereocenters. The van der Waals surface area contributed by atoms with Crippen LogP contribution < -0.4 is 5.32 Å². The van der Waals surface area contributed by atoms with Crippen molar-refractivity contribution in [3.8, 4) is 0 Å². The predicted molar refractivity (Wildman–Crippen MR) is 78.8 cm³/mol. The third-order valence-corrected chi connectivity index (χ3v) is 3.57. The Morgan fingerprint density at radius 2 is 2.00 bits per heavy atom. The number of halogens is 1. The van der Waals surface area contributed by atoms with Crippen LogP contribution in [0.5, 0.6) is 0 Å². The van der Waals surface area contributed by atoms with Crippen molar-refractivity contribution >= 4 is 17.3 Å². The van der Waals surface area contributed by atoms with E-state index < -0.39 is 0 Å². The molecule has 1 rings (SSSR count). The molecule has 0 aliphatic heterocycles. The van der Waals surface area contributed by atoms with Crippen LogP contribution in [0.2, 0.25) is 5.02 Å². The molecule has 0 fully saturated rings. The molecule has 0 aromatic heterocycles. The first-order valence-electron chi connectivity index (χ1n) is 6.55. The average molecular weight is 285 g/mol. The number of hydrogen-bond donors (Lipinski definition) is 1. The third-order valence-electron chi connectivity index (χ3n) is 3.33. The molecular formula is C14H21ClN2O2. The Bertz CT molecular complexity index is 449. The summed E-state index contributed by atoms with van der Waals surface area (Å²) in [5, 5.41) is 15.0. The van der Waals surface area contributed by atoms with Crippen LogP contribution in [-0.2, 0) is 0 Å². The highest BCUT2D eigenvalue weighted by atomic mass is 35.5. The normalized spacial score (nSPS) is 14.4. The molecule has 106 valence electrons. The Labute approximate surface area is 119 Å². The highest BCUT2D eigenvalue weighted by Gasteiger charge is 2.28. The lowest BCUT2D eigenvalue weighted by Crippen LogP contribution is -2.34. The lowest BCUT2D eigenvalue weighted by Gasteiger charge is -2.28. The summed E-state index contributed by atoms with van der Waals surface area (Å²) >= 11 is 5.87. The third kappa shape index (κ3) is 3.91. The van der Waals surface area contributed by atoms with E-state index in [0.717, 1.165) is 12.1 Å². The molecule has 0 saturated heterocycles. The summed E-state index contributed by atoms with van der Waals surface area (Å²) in [4.78, 5) is 10.9. The van der Waals surface area contributed by atoms with Gasteiger partial charge in [0.25, 0.3) is 5.69 Å². The van der Waals surface area contributed by atoms with Crippen molar-refractivity contribution in [2.24, 2.45) is 5.92 Å². The van der Waals surface area contributed by atoms with Crippen LogP contribution >= 0.6 is 11.6 Å². The minimum absolute atomic E-state index is 0.0811. The Morgan fingerprint density at radius 3 is 2.47 bits per heavy atom. The van der Waals surface area contributed by atoms with Gasteiger partial charge in [-0.05, 0) is 25.5 Å². The van der Waals surface area contributed by atoms with Gasteiger partial charge in [0, 0.05) is 28.6 Å². The van der Waals surface area contributed by atoms with Gasteiger partial charge in [0.1, 0.15) is 0 Å². The molecule has 4 nitrogen and oxygen atoms in total. The molecule has 5 heteroatoms. The van der Waals surface area contributed by atoms with Crippen molar-refractivity contribution in [1.82, 2.24) is 5.32 Å². The minimum atomic E-state index is -0.352. The van der Waals surface area contributed by atoms with Crippen molar-refractivity contribution in [3.05, 3.63) is 38.9 Å². The fourth-order valence-corrected chi connectivity index (χ4v) is 2.78. The molecule has 0 heterocycles. The standard InChI is InChI=1S/C14H21ClN2O2/c1-5-16-10(4)14(9(2)3)12-7-6-11(15)8-13(12)17(18)19/h6-10,14,16H,5H2,1-4H3. The first-order valence-corrected chi connectivity index (χ1v) is 6.93. The Hall–Kier alpha value is -1.13. The van der Waals surface area contributed by atoms with Crippen molar-refractivity contribution < 1.29 is 4.92 Å². The molecule has 0 amide bonds. The van der Waals surface area contributed by atoms with E-state index in [1.54, 1.807) is 12.1 Å². The quantitative estimate of drug-likeness (QED) is 0.635. The Morgan fingerprint density at radius 1 is 1.37 bits per heavy atom. The van der Waals surface area contributed by atoms with E-state index in [1.807, 2.05) is 6.92 Å². The highest BCUT2D eigenvalue weighted by molar-refractivity contribution is 6.30. The zero-order valence-corrected chi connectivity index (χ0v) is 12.6. The second-order valence-corrected chi connectivity index (χ2v) is 5.51. The molecule has 0 aliphatic rings. The number of nitrogens with one attached hydrogen (secondary N) is 1. The fraction of sp³-hybridized carbons (Fsp3) is 0.571. The summed E-state index contributed by atoms with van der Waals surface area (Å²) in [6.07, 6.45) is 0. The molecule has 1 aromatic carbocycles. The lowest BCUT2D eigenvalue weighted by atomic mass is 9.82. The molecule has 0 aliphatic carbocycles. The molecule has 0 spiro atoms. The van der Waals surface area contributed by atoms with Gasteiger partial charge in [-0.25, -0.2) is 0 Å². The van der Waals surface area contributed by atoms with Crippen molar-refractivity contribution in [2.75, 3.05) is 6.54 Å². The lowest BCUT2D eigenvalue weighted by molar-refractivity contribution is -0.385. The molecular weight excluding hydrogens is 264 g/mol. The molecule has 19 heavy (non-hydrogen) atoms. The molecule has 0 saturated carbocycles. The van der Waals surface area contributed by atoms with Crippen LogP contribution in [0.3, 0.4) is 0 Å². The first-order chi connectivity index (χ1) is 8.88. The molecule has 0 bridgehead atoms. The highest BCUT2D eigenvalue weighted by Crippen LogP contribution is 2.35. The van der Waals surface area contributed by atoms with Crippen LogP contribution in [0.25, 0.3) is 0 Å². The monoisotopic (exact) mass is 284 g/mol. The van der Waals surface area contributed by atoms with Gasteiger partial charge in [-0.2, -0.15) is 0 Å². The van der Waals surface area contributed by atoms with Gasteiger partial charge >= 0.3 is 0 Å². The Kier molecular flexibility index (Phi) is 5.76. The largest absolute Gasteiger partial charge is 0.314 e. The van der Waals surface area contributed by atoms with E-state index in [2.05, 4.69) is 26.1 Å². The SMILES string of the molecule is CCNC(C)C(c1ccc(Cl)cc1[N+](=O)[O-])C(C)C. The summed E-state index contributed by atoms with van der Waals surface area (Å²) in [5.41, 5.74) is 0.855. The van der Waals surface area contributed by atoms with Gasteiger partial charge in [0.15, 0.2) is 0 Å². The number of benzene rings is 1. The van der Waals surface area contributed by atoms with Crippen LogP contribution in [0.15, 0.2) is 18.2 Å². The first kappa shape index (κ1) is 15.9. The summed E-state index contributed by atoms with van der Waals surface area (Å²) in [6, 6.07) is 5.10. The zero-order chi connectivity index (χ0) is 14.6. The number of nitrogens with zero attached hydrogens (tertiary/aromatic N) is 1. The fourth-order valence-electron chi connectivity index (χ4n) is 2.61. The average Bonchev–Trinajstić information content (AvgIpc) is 2.31. The number of rotatable bonds is 6. The summed E-state index contributed by atoms with van der Waals surface area (Å²) in [5.74, 6) is 0.381. The van der Waals surface area contributed by atoms with Crippen molar-refractivity contribution in [3.63, 3.8) is 0 Å². The van der Waals surface area contributed by atoms with Crippen LogP contribution in [0.4, 0.5) is 5.69 Å². The smallest absolute Gasteiger partial charge is 0.274 e. The van der Waals surface area contributed by atoms with E-state index in [4.69, 9.17) is 11.6 Å². The van der Waals surface area contributed by atoms with E-state index in [0.29, 0.717) is 10.9 Å². The maximum Gasteiger partial charge on any atom is 0.274 e. The van der Waals surface area contributed by atoms with Gasteiger partial charge < -0.3 is 5.32 Å². The number of nitro benzene ring substituents is 1. The second kappa shape index (κ2) is 6.87. The Balaban J connectivity index is 3.26. The van der Waals surface area contributed by atoms with Gasteiger partial charge in [0.2, 0.25) is 0 Å². The molecule has 2 atom stereocenters.